The number of hydrogen-bond donors (Lipinski definition) is 2. The molecule has 0 saturated carbocycles. The van der Waals surface area contributed by atoms with Crippen LogP contribution >= 0.6 is 0 Å². The number of piperazine rings is 1. The quantitative estimate of drug-likeness (QED) is 0.836. The number of aliphatic hydroxyl groups is 1. The van der Waals surface area contributed by atoms with Crippen molar-refractivity contribution in [2.75, 3.05) is 38.0 Å². The molecule has 1 aromatic carbocycles. The monoisotopic (exact) mass is 323 g/mol. The molecule has 6 nitrogen and oxygen atoms in total. The molecule has 0 aliphatic carbocycles. The van der Waals surface area contributed by atoms with Crippen LogP contribution in [0.15, 0.2) is 24.3 Å². The molecule has 1 unspecified atom stereocenters. The van der Waals surface area contributed by atoms with Gasteiger partial charge in [-0.1, -0.05) is 0 Å². The number of rotatable bonds is 5. The summed E-state index contributed by atoms with van der Waals surface area (Å²) in [6, 6.07) is 5.64. The normalized spacial score (nSPS) is 16.9. The first-order chi connectivity index (χ1) is 11.0. The third-order valence-corrected chi connectivity index (χ3v) is 3.82. The summed E-state index contributed by atoms with van der Waals surface area (Å²) in [5.41, 5.74) is 0.573. The van der Waals surface area contributed by atoms with Gasteiger partial charge in [0.15, 0.2) is 0 Å². The highest BCUT2D eigenvalue weighted by molar-refractivity contribution is 5.90. The molecule has 1 fully saturated rings. The Kier molecular flexibility index (Phi) is 6.06. The van der Waals surface area contributed by atoms with E-state index >= 15 is 0 Å². The summed E-state index contributed by atoms with van der Waals surface area (Å²) in [4.78, 5) is 27.3. The molecule has 1 saturated heterocycles. The maximum atomic E-state index is 12.8. The number of amides is 2. The van der Waals surface area contributed by atoms with Crippen LogP contribution in [0.4, 0.5) is 10.1 Å². The molecule has 1 atom stereocenters. The van der Waals surface area contributed by atoms with E-state index in [0.717, 1.165) is 0 Å². The summed E-state index contributed by atoms with van der Waals surface area (Å²) < 4.78 is 12.8. The molecule has 2 N–H and O–H groups in total. The number of nitrogens with one attached hydrogen (secondary N) is 1. The molecule has 7 heteroatoms. The number of carbonyl (C=O) groups excluding carboxylic acids is 2. The zero-order chi connectivity index (χ0) is 16.8. The molecule has 2 amide bonds. The van der Waals surface area contributed by atoms with Crippen molar-refractivity contribution in [3.05, 3.63) is 30.1 Å². The van der Waals surface area contributed by atoms with Crippen molar-refractivity contribution in [2.24, 2.45) is 0 Å². The maximum absolute atomic E-state index is 12.8. The topological polar surface area (TPSA) is 72.9 Å². The molecule has 0 bridgehead atoms. The van der Waals surface area contributed by atoms with Gasteiger partial charge < -0.3 is 15.3 Å². The van der Waals surface area contributed by atoms with Crippen LogP contribution < -0.4 is 5.32 Å². The number of hydrogen-bond acceptors (Lipinski definition) is 4. The fourth-order valence-electron chi connectivity index (χ4n) is 2.47. The minimum absolute atomic E-state index is 0.126. The second-order valence-electron chi connectivity index (χ2n) is 5.65. The smallest absolute Gasteiger partial charge is 0.251 e. The number of nitrogens with zero attached hydrogens (tertiary/aromatic N) is 2. The van der Waals surface area contributed by atoms with Crippen LogP contribution in [-0.4, -0.2) is 65.5 Å². The van der Waals surface area contributed by atoms with E-state index in [0.29, 0.717) is 44.8 Å². The Bertz CT molecular complexity index is 540. The number of carbonyl (C=O) groups is 2. The molecule has 0 aromatic heterocycles. The van der Waals surface area contributed by atoms with Crippen LogP contribution in [0.1, 0.15) is 13.3 Å². The van der Waals surface area contributed by atoms with Gasteiger partial charge in [-0.15, -0.1) is 0 Å². The molecule has 1 aliphatic rings. The van der Waals surface area contributed by atoms with Gasteiger partial charge >= 0.3 is 0 Å². The third-order valence-electron chi connectivity index (χ3n) is 3.82. The van der Waals surface area contributed by atoms with E-state index < -0.39 is 6.10 Å². The second-order valence-corrected chi connectivity index (χ2v) is 5.65. The summed E-state index contributed by atoms with van der Waals surface area (Å²) in [6.07, 6.45) is -0.634. The predicted molar refractivity (Wildman–Crippen MR) is 84.3 cm³/mol. The lowest BCUT2D eigenvalue weighted by atomic mass is 10.2. The lowest BCUT2D eigenvalue weighted by molar-refractivity contribution is -0.141. The Morgan fingerprint density at radius 1 is 1.22 bits per heavy atom. The minimum Gasteiger partial charge on any atom is -0.384 e. The summed E-state index contributed by atoms with van der Waals surface area (Å²) in [7, 11) is 0. The Balaban J connectivity index is 1.69. The van der Waals surface area contributed by atoms with Gasteiger partial charge in [-0.3, -0.25) is 14.5 Å². The number of halogens is 1. The Morgan fingerprint density at radius 2 is 1.83 bits per heavy atom. The van der Waals surface area contributed by atoms with E-state index in [-0.39, 0.29) is 17.6 Å². The molecule has 0 spiro atoms. The van der Waals surface area contributed by atoms with Crippen LogP contribution in [0, 0.1) is 5.82 Å². The van der Waals surface area contributed by atoms with Crippen molar-refractivity contribution in [3.63, 3.8) is 0 Å². The van der Waals surface area contributed by atoms with Gasteiger partial charge in [0, 0.05) is 44.8 Å². The fourth-order valence-corrected chi connectivity index (χ4v) is 2.47. The Labute approximate surface area is 134 Å². The van der Waals surface area contributed by atoms with E-state index in [2.05, 4.69) is 10.2 Å². The third kappa shape index (κ3) is 5.30. The average Bonchev–Trinajstić information content (AvgIpc) is 2.55. The SMILES string of the molecule is CC(O)C(=O)N1CCN(CCC(=O)Nc2ccc(F)cc2)CC1. The van der Waals surface area contributed by atoms with Gasteiger partial charge in [0.1, 0.15) is 11.9 Å². The van der Waals surface area contributed by atoms with Crippen molar-refractivity contribution in [3.8, 4) is 0 Å². The van der Waals surface area contributed by atoms with Crippen molar-refractivity contribution >= 4 is 17.5 Å². The highest BCUT2D eigenvalue weighted by Gasteiger charge is 2.23. The van der Waals surface area contributed by atoms with Crippen molar-refractivity contribution in [1.29, 1.82) is 0 Å². The first kappa shape index (κ1) is 17.4. The number of anilines is 1. The fraction of sp³-hybridized carbons (Fsp3) is 0.500. The van der Waals surface area contributed by atoms with Gasteiger partial charge in [-0.2, -0.15) is 0 Å². The molecule has 2 rings (SSSR count). The van der Waals surface area contributed by atoms with E-state index in [1.54, 1.807) is 4.90 Å². The lowest BCUT2D eigenvalue weighted by Crippen LogP contribution is -2.51. The Morgan fingerprint density at radius 3 is 2.39 bits per heavy atom. The van der Waals surface area contributed by atoms with Crippen molar-refractivity contribution < 1.29 is 19.1 Å². The van der Waals surface area contributed by atoms with Crippen LogP contribution in [0.2, 0.25) is 0 Å². The van der Waals surface area contributed by atoms with Crippen molar-refractivity contribution in [1.82, 2.24) is 9.80 Å². The highest BCUT2D eigenvalue weighted by atomic mass is 19.1. The largest absolute Gasteiger partial charge is 0.384 e. The van der Waals surface area contributed by atoms with Crippen LogP contribution in [0.3, 0.4) is 0 Å². The molecule has 0 radical (unpaired) electrons. The average molecular weight is 323 g/mol. The van der Waals surface area contributed by atoms with Crippen LogP contribution in [-0.2, 0) is 9.59 Å². The molecule has 1 aromatic rings. The first-order valence-corrected chi connectivity index (χ1v) is 7.70. The van der Waals surface area contributed by atoms with Gasteiger partial charge in [0.05, 0.1) is 0 Å². The minimum atomic E-state index is -0.969. The van der Waals surface area contributed by atoms with Crippen molar-refractivity contribution in [2.45, 2.75) is 19.4 Å². The van der Waals surface area contributed by atoms with Crippen LogP contribution in [0.5, 0.6) is 0 Å². The van der Waals surface area contributed by atoms with Gasteiger partial charge in [0.2, 0.25) is 5.91 Å². The standard InChI is InChI=1S/C16H22FN3O3/c1-12(21)16(23)20-10-8-19(9-11-20)7-6-15(22)18-14-4-2-13(17)3-5-14/h2-5,12,21H,6-11H2,1H3,(H,18,22). The lowest BCUT2D eigenvalue weighted by Gasteiger charge is -2.35. The van der Waals surface area contributed by atoms with Gasteiger partial charge in [-0.05, 0) is 31.2 Å². The van der Waals surface area contributed by atoms with E-state index in [1.165, 1.54) is 31.2 Å². The molecule has 126 valence electrons. The van der Waals surface area contributed by atoms with Gasteiger partial charge in [0.25, 0.3) is 5.91 Å². The summed E-state index contributed by atoms with van der Waals surface area (Å²) in [5.74, 6) is -0.717. The predicted octanol–water partition coefficient (Wildman–Crippen LogP) is 0.679. The molecule has 1 aliphatic heterocycles. The molecular weight excluding hydrogens is 301 g/mol. The zero-order valence-electron chi connectivity index (χ0n) is 13.2. The summed E-state index contributed by atoms with van der Waals surface area (Å²) in [6.45, 7) is 4.55. The summed E-state index contributed by atoms with van der Waals surface area (Å²) in [5, 5.41) is 12.0. The number of aliphatic hydroxyl groups excluding tert-OH is 1. The highest BCUT2D eigenvalue weighted by Crippen LogP contribution is 2.09. The molecule has 1 heterocycles. The molecular formula is C16H22FN3O3. The maximum Gasteiger partial charge on any atom is 0.251 e. The van der Waals surface area contributed by atoms with Gasteiger partial charge in [-0.25, -0.2) is 4.39 Å². The van der Waals surface area contributed by atoms with E-state index in [1.807, 2.05) is 0 Å². The summed E-state index contributed by atoms with van der Waals surface area (Å²) >= 11 is 0. The second kappa shape index (κ2) is 8.03. The zero-order valence-corrected chi connectivity index (χ0v) is 13.2. The number of benzene rings is 1. The van der Waals surface area contributed by atoms with Crippen LogP contribution in [0.25, 0.3) is 0 Å². The van der Waals surface area contributed by atoms with E-state index in [9.17, 15) is 19.1 Å². The van der Waals surface area contributed by atoms with E-state index in [4.69, 9.17) is 0 Å². The Hall–Kier alpha value is -1.99. The first-order valence-electron chi connectivity index (χ1n) is 7.70. The molecule has 23 heavy (non-hydrogen) atoms.